The number of carbonyl (C=O) groups is 2. The molecule has 0 bridgehead atoms. The van der Waals surface area contributed by atoms with Gasteiger partial charge in [0.05, 0.1) is 12.8 Å². The molecule has 9 heteroatoms. The van der Waals surface area contributed by atoms with E-state index in [9.17, 15) is 9.59 Å². The first-order valence-corrected chi connectivity index (χ1v) is 12.0. The van der Waals surface area contributed by atoms with Crippen LogP contribution in [-0.2, 0) is 4.79 Å². The van der Waals surface area contributed by atoms with Crippen LogP contribution in [0.4, 0.5) is 10.6 Å². The van der Waals surface area contributed by atoms with Crippen molar-refractivity contribution < 1.29 is 14.3 Å². The second-order valence-electron chi connectivity index (χ2n) is 8.75. The molecule has 2 heterocycles. The first kappa shape index (κ1) is 25.3. The SMILES string of the molecule is CCCN(CC(=O)N1CCCN(c2ccc(-c3ccc(OC)cc3)nn2)CC1)C(=O)NC(C)C. The van der Waals surface area contributed by atoms with E-state index in [-0.39, 0.29) is 24.5 Å². The number of nitrogens with zero attached hydrogens (tertiary/aromatic N) is 5. The maximum Gasteiger partial charge on any atom is 0.318 e. The highest BCUT2D eigenvalue weighted by Gasteiger charge is 2.24. The first-order valence-electron chi connectivity index (χ1n) is 12.0. The summed E-state index contributed by atoms with van der Waals surface area (Å²) in [5.41, 5.74) is 1.78. The summed E-state index contributed by atoms with van der Waals surface area (Å²) in [5, 5.41) is 11.7. The van der Waals surface area contributed by atoms with E-state index in [0.29, 0.717) is 26.2 Å². The van der Waals surface area contributed by atoms with Gasteiger partial charge in [-0.25, -0.2) is 4.79 Å². The predicted octanol–water partition coefficient (Wildman–Crippen LogP) is 3.02. The number of ether oxygens (including phenoxy) is 1. The summed E-state index contributed by atoms with van der Waals surface area (Å²) in [6.07, 6.45) is 1.64. The maximum atomic E-state index is 13.0. The molecule has 3 rings (SSSR count). The molecule has 0 atom stereocenters. The smallest absolute Gasteiger partial charge is 0.318 e. The fourth-order valence-electron chi connectivity index (χ4n) is 3.93. The molecule has 1 saturated heterocycles. The third-order valence-corrected chi connectivity index (χ3v) is 5.73. The summed E-state index contributed by atoms with van der Waals surface area (Å²) in [7, 11) is 1.64. The predicted molar refractivity (Wildman–Crippen MR) is 133 cm³/mol. The van der Waals surface area contributed by atoms with Crippen LogP contribution in [0.2, 0.25) is 0 Å². The second-order valence-corrected chi connectivity index (χ2v) is 8.75. The number of hydrogen-bond donors (Lipinski definition) is 1. The number of carbonyl (C=O) groups excluding carboxylic acids is 2. The number of hydrogen-bond acceptors (Lipinski definition) is 6. The molecular weight excluding hydrogens is 432 g/mol. The largest absolute Gasteiger partial charge is 0.497 e. The van der Waals surface area contributed by atoms with Crippen LogP contribution in [0, 0.1) is 0 Å². The van der Waals surface area contributed by atoms with Crippen LogP contribution in [0.15, 0.2) is 36.4 Å². The van der Waals surface area contributed by atoms with Crippen molar-refractivity contribution in [3.8, 4) is 17.0 Å². The monoisotopic (exact) mass is 468 g/mol. The number of anilines is 1. The van der Waals surface area contributed by atoms with Crippen molar-refractivity contribution in [2.45, 2.75) is 39.7 Å². The molecular formula is C25H36N6O3. The van der Waals surface area contributed by atoms with Gasteiger partial charge >= 0.3 is 6.03 Å². The molecule has 3 amide bonds. The molecule has 1 aliphatic rings. The molecule has 0 unspecified atom stereocenters. The fraction of sp³-hybridized carbons (Fsp3) is 0.520. The molecule has 0 radical (unpaired) electrons. The van der Waals surface area contributed by atoms with E-state index in [4.69, 9.17) is 4.74 Å². The summed E-state index contributed by atoms with van der Waals surface area (Å²) < 4.78 is 5.21. The van der Waals surface area contributed by atoms with Gasteiger partial charge in [-0.05, 0) is 63.1 Å². The summed E-state index contributed by atoms with van der Waals surface area (Å²) in [6, 6.07) is 11.5. The molecule has 1 aromatic heterocycles. The lowest BCUT2D eigenvalue weighted by Gasteiger charge is -2.27. The third-order valence-electron chi connectivity index (χ3n) is 5.73. The Morgan fingerprint density at radius 2 is 1.82 bits per heavy atom. The normalized spacial score (nSPS) is 14.0. The number of amides is 3. The Labute approximate surface area is 202 Å². The van der Waals surface area contributed by atoms with E-state index in [0.717, 1.165) is 42.2 Å². The van der Waals surface area contributed by atoms with Crippen LogP contribution in [0.3, 0.4) is 0 Å². The second kappa shape index (κ2) is 12.2. The highest BCUT2D eigenvalue weighted by atomic mass is 16.5. The van der Waals surface area contributed by atoms with E-state index >= 15 is 0 Å². The van der Waals surface area contributed by atoms with E-state index < -0.39 is 0 Å². The molecule has 1 aliphatic heterocycles. The number of urea groups is 1. The van der Waals surface area contributed by atoms with Gasteiger partial charge in [0, 0.05) is 44.3 Å². The Morgan fingerprint density at radius 1 is 1.06 bits per heavy atom. The molecule has 0 aliphatic carbocycles. The molecule has 9 nitrogen and oxygen atoms in total. The minimum absolute atomic E-state index is 0.0184. The van der Waals surface area contributed by atoms with E-state index in [1.54, 1.807) is 12.0 Å². The minimum Gasteiger partial charge on any atom is -0.497 e. The Balaban J connectivity index is 1.58. The molecule has 1 fully saturated rings. The average molecular weight is 469 g/mol. The molecule has 184 valence electrons. The number of methoxy groups -OCH3 is 1. The molecule has 0 saturated carbocycles. The van der Waals surface area contributed by atoms with Crippen molar-refractivity contribution in [2.24, 2.45) is 0 Å². The molecule has 0 spiro atoms. The van der Waals surface area contributed by atoms with Gasteiger partial charge in [0.15, 0.2) is 5.82 Å². The summed E-state index contributed by atoms with van der Waals surface area (Å²) in [5.74, 6) is 1.58. The van der Waals surface area contributed by atoms with E-state index in [2.05, 4.69) is 20.4 Å². The summed E-state index contributed by atoms with van der Waals surface area (Å²) >= 11 is 0. The lowest BCUT2D eigenvalue weighted by Crippen LogP contribution is -2.49. The highest BCUT2D eigenvalue weighted by Crippen LogP contribution is 2.22. The lowest BCUT2D eigenvalue weighted by atomic mass is 10.1. The first-order chi connectivity index (χ1) is 16.4. The average Bonchev–Trinajstić information content (AvgIpc) is 3.10. The van der Waals surface area contributed by atoms with Crippen molar-refractivity contribution >= 4 is 17.8 Å². The van der Waals surface area contributed by atoms with Gasteiger partial charge in [0.2, 0.25) is 5.91 Å². The Kier molecular flexibility index (Phi) is 9.07. The standard InChI is InChI=1S/C25H36N6O3/c1-5-13-31(25(33)26-19(2)3)18-24(32)30-15-6-14-29(16-17-30)23-12-11-22(27-28-23)20-7-9-21(34-4)10-8-20/h7-12,19H,5-6,13-18H2,1-4H3,(H,26,33). The zero-order valence-corrected chi connectivity index (χ0v) is 20.7. The van der Waals surface area contributed by atoms with Crippen LogP contribution in [-0.4, -0.2) is 84.4 Å². The van der Waals surface area contributed by atoms with Crippen molar-refractivity contribution in [2.75, 3.05) is 51.3 Å². The molecule has 1 N–H and O–H groups in total. The molecule has 1 aromatic carbocycles. The Hall–Kier alpha value is -3.36. The van der Waals surface area contributed by atoms with Gasteiger partial charge in [-0.2, -0.15) is 0 Å². The van der Waals surface area contributed by atoms with Crippen LogP contribution in [0.5, 0.6) is 5.75 Å². The van der Waals surface area contributed by atoms with Gasteiger partial charge in [-0.1, -0.05) is 6.92 Å². The lowest BCUT2D eigenvalue weighted by molar-refractivity contribution is -0.131. The van der Waals surface area contributed by atoms with Crippen LogP contribution < -0.4 is 15.0 Å². The summed E-state index contributed by atoms with van der Waals surface area (Å²) in [4.78, 5) is 31.0. The van der Waals surface area contributed by atoms with Gasteiger partial charge < -0.3 is 24.8 Å². The quantitative estimate of drug-likeness (QED) is 0.641. The van der Waals surface area contributed by atoms with Gasteiger partial charge in [0.25, 0.3) is 0 Å². The highest BCUT2D eigenvalue weighted by molar-refractivity contribution is 5.84. The fourth-order valence-corrected chi connectivity index (χ4v) is 3.93. The van der Waals surface area contributed by atoms with E-state index in [1.807, 2.05) is 62.1 Å². The van der Waals surface area contributed by atoms with Crippen molar-refractivity contribution in [1.29, 1.82) is 0 Å². The van der Waals surface area contributed by atoms with Crippen LogP contribution in [0.25, 0.3) is 11.3 Å². The zero-order valence-electron chi connectivity index (χ0n) is 20.7. The van der Waals surface area contributed by atoms with Gasteiger partial charge in [0.1, 0.15) is 12.3 Å². The number of rotatable bonds is 8. The topological polar surface area (TPSA) is 90.9 Å². The maximum absolute atomic E-state index is 13.0. The minimum atomic E-state index is -0.186. The summed E-state index contributed by atoms with van der Waals surface area (Å²) in [6.45, 7) is 9.22. The van der Waals surface area contributed by atoms with Crippen LogP contribution >= 0.6 is 0 Å². The Bertz CT molecular complexity index is 933. The number of nitrogens with one attached hydrogen (secondary N) is 1. The van der Waals surface area contributed by atoms with Crippen molar-refractivity contribution in [3.05, 3.63) is 36.4 Å². The zero-order chi connectivity index (χ0) is 24.5. The van der Waals surface area contributed by atoms with Gasteiger partial charge in [-0.15, -0.1) is 10.2 Å². The van der Waals surface area contributed by atoms with Crippen molar-refractivity contribution in [1.82, 2.24) is 25.3 Å². The van der Waals surface area contributed by atoms with Crippen molar-refractivity contribution in [3.63, 3.8) is 0 Å². The molecule has 34 heavy (non-hydrogen) atoms. The van der Waals surface area contributed by atoms with Crippen LogP contribution in [0.1, 0.15) is 33.6 Å². The number of aromatic nitrogens is 2. The number of benzene rings is 1. The van der Waals surface area contributed by atoms with Gasteiger partial charge in [-0.3, -0.25) is 4.79 Å². The third kappa shape index (κ3) is 6.82. The Morgan fingerprint density at radius 3 is 2.44 bits per heavy atom. The van der Waals surface area contributed by atoms with E-state index in [1.165, 1.54) is 0 Å². The molecule has 2 aromatic rings.